The van der Waals surface area contributed by atoms with Gasteiger partial charge in [0.1, 0.15) is 11.2 Å². The molecule has 0 aliphatic heterocycles. The van der Waals surface area contributed by atoms with Crippen LogP contribution in [0, 0.1) is 0 Å². The zero-order valence-electron chi connectivity index (χ0n) is 29.7. The van der Waals surface area contributed by atoms with Crippen LogP contribution >= 0.6 is 0 Å². The zero-order chi connectivity index (χ0) is 36.6. The molecule has 0 saturated heterocycles. The Balaban J connectivity index is 1.14. The Kier molecular flexibility index (Phi) is 8.08. The Labute approximate surface area is 318 Å². The Bertz CT molecular complexity index is 2840. The molecule has 4 heterocycles. The lowest BCUT2D eigenvalue weighted by molar-refractivity contribution is 0.669. The van der Waals surface area contributed by atoms with Crippen molar-refractivity contribution in [3.05, 3.63) is 195 Å². The normalized spacial score (nSPS) is 11.3. The van der Waals surface area contributed by atoms with Crippen LogP contribution in [0.3, 0.4) is 0 Å². The van der Waals surface area contributed by atoms with Gasteiger partial charge in [0.25, 0.3) is 0 Å². The minimum Gasteiger partial charge on any atom is -0.456 e. The lowest BCUT2D eigenvalue weighted by Crippen LogP contribution is -1.96. The lowest BCUT2D eigenvalue weighted by atomic mass is 9.93. The van der Waals surface area contributed by atoms with Crippen LogP contribution in [0.5, 0.6) is 0 Å². The molecular weight excluding hydrogens is 673 g/mol. The van der Waals surface area contributed by atoms with Crippen molar-refractivity contribution < 1.29 is 4.42 Å². The monoisotopic (exact) mass is 704 g/mol. The van der Waals surface area contributed by atoms with Gasteiger partial charge in [0.15, 0.2) is 5.82 Å². The second-order valence-corrected chi connectivity index (χ2v) is 13.6. The van der Waals surface area contributed by atoms with Crippen LogP contribution in [0.15, 0.2) is 199 Å². The van der Waals surface area contributed by atoms with E-state index in [2.05, 4.69) is 125 Å². The van der Waals surface area contributed by atoms with Gasteiger partial charge in [0, 0.05) is 52.3 Å². The largest absolute Gasteiger partial charge is 0.456 e. The van der Waals surface area contributed by atoms with Gasteiger partial charge < -0.3 is 4.42 Å². The zero-order valence-corrected chi connectivity index (χ0v) is 29.7. The highest BCUT2D eigenvalue weighted by atomic mass is 16.3. The Hall–Kier alpha value is -7.50. The van der Waals surface area contributed by atoms with Crippen molar-refractivity contribution in [2.45, 2.75) is 0 Å². The molecule has 0 atom stereocenters. The maximum atomic E-state index is 6.17. The number of hydrogen-bond donors (Lipinski definition) is 0. The third-order valence-electron chi connectivity index (χ3n) is 10.1. The van der Waals surface area contributed by atoms with Crippen molar-refractivity contribution in [2.75, 3.05) is 0 Å². The number of pyridine rings is 2. The molecule has 0 unspecified atom stereocenters. The smallest absolute Gasteiger partial charge is 0.160 e. The summed E-state index contributed by atoms with van der Waals surface area (Å²) < 4.78 is 6.17. The summed E-state index contributed by atoms with van der Waals surface area (Å²) >= 11 is 0. The minimum absolute atomic E-state index is 0.666. The van der Waals surface area contributed by atoms with E-state index in [1.807, 2.05) is 67.0 Å². The molecule has 5 heteroatoms. The molecule has 0 aliphatic rings. The van der Waals surface area contributed by atoms with Crippen LogP contribution in [-0.4, -0.2) is 19.9 Å². The Morgan fingerprint density at radius 2 is 0.800 bits per heavy atom. The van der Waals surface area contributed by atoms with E-state index in [0.717, 1.165) is 94.5 Å². The molecule has 4 aromatic heterocycles. The SMILES string of the molecule is c1ccc(-c2nc(-c3cc(-c4ccc(-c5cccnc5)cc4)cc(-c4ccc(-c5cccnc5)cc4)c3)cc(-c3ccc4oc5ccccc5c4c3)n2)cc1. The fourth-order valence-corrected chi connectivity index (χ4v) is 7.23. The summed E-state index contributed by atoms with van der Waals surface area (Å²) in [5, 5.41) is 2.14. The standard InChI is InChI=1S/C50H32N4O/c1-2-8-37(9-3-1)50-53-46(38-22-23-49-45(29-38)44-12-4-5-13-48(44)55-49)30-47(54-50)43-27-41(35-18-14-33(15-19-35)39-10-6-24-51-31-39)26-42(28-43)36-20-16-34(17-21-36)40-11-7-25-52-32-40/h1-32H. The van der Waals surface area contributed by atoms with E-state index in [9.17, 15) is 0 Å². The van der Waals surface area contributed by atoms with E-state index in [0.29, 0.717) is 5.82 Å². The van der Waals surface area contributed by atoms with E-state index in [4.69, 9.17) is 14.4 Å². The maximum absolute atomic E-state index is 6.17. The van der Waals surface area contributed by atoms with E-state index < -0.39 is 0 Å². The summed E-state index contributed by atoms with van der Waals surface area (Å²) in [4.78, 5) is 19.0. The molecule has 0 fully saturated rings. The average molecular weight is 705 g/mol. The van der Waals surface area contributed by atoms with Crippen LogP contribution < -0.4 is 0 Å². The van der Waals surface area contributed by atoms with Crippen LogP contribution in [-0.2, 0) is 0 Å². The van der Waals surface area contributed by atoms with E-state index >= 15 is 0 Å². The van der Waals surface area contributed by atoms with Crippen molar-refractivity contribution in [3.8, 4) is 78.4 Å². The number of fused-ring (bicyclic) bond motifs is 3. The molecule has 6 aromatic carbocycles. The lowest BCUT2D eigenvalue weighted by Gasteiger charge is -2.14. The highest BCUT2D eigenvalue weighted by Crippen LogP contribution is 2.37. The van der Waals surface area contributed by atoms with E-state index in [1.165, 1.54) is 0 Å². The number of benzene rings is 6. The first-order chi connectivity index (χ1) is 27.2. The van der Waals surface area contributed by atoms with Gasteiger partial charge in [0.05, 0.1) is 11.4 Å². The Morgan fingerprint density at radius 3 is 1.40 bits per heavy atom. The number of furan rings is 1. The van der Waals surface area contributed by atoms with Crippen LogP contribution in [0.1, 0.15) is 0 Å². The van der Waals surface area contributed by atoms with Gasteiger partial charge in [-0.3, -0.25) is 9.97 Å². The number of aromatic nitrogens is 4. The van der Waals surface area contributed by atoms with Crippen molar-refractivity contribution in [1.29, 1.82) is 0 Å². The number of hydrogen-bond acceptors (Lipinski definition) is 5. The number of para-hydroxylation sites is 1. The molecule has 258 valence electrons. The predicted molar refractivity (Wildman–Crippen MR) is 223 cm³/mol. The van der Waals surface area contributed by atoms with Gasteiger partial charge in [0.2, 0.25) is 0 Å². The third-order valence-corrected chi connectivity index (χ3v) is 10.1. The molecule has 0 amide bonds. The maximum Gasteiger partial charge on any atom is 0.160 e. The molecule has 55 heavy (non-hydrogen) atoms. The van der Waals surface area contributed by atoms with Gasteiger partial charge in [-0.15, -0.1) is 0 Å². The summed E-state index contributed by atoms with van der Waals surface area (Å²) in [5.74, 6) is 0.666. The first-order valence-corrected chi connectivity index (χ1v) is 18.3. The molecule has 10 rings (SSSR count). The molecule has 0 bridgehead atoms. The molecule has 5 nitrogen and oxygen atoms in total. The summed E-state index contributed by atoms with van der Waals surface area (Å²) in [6.45, 7) is 0. The third kappa shape index (κ3) is 6.34. The fourth-order valence-electron chi connectivity index (χ4n) is 7.23. The van der Waals surface area contributed by atoms with Crippen LogP contribution in [0.2, 0.25) is 0 Å². The molecule has 0 aliphatic carbocycles. The average Bonchev–Trinajstić information content (AvgIpc) is 3.65. The highest BCUT2D eigenvalue weighted by molar-refractivity contribution is 6.06. The first kappa shape index (κ1) is 32.2. The van der Waals surface area contributed by atoms with Crippen LogP contribution in [0.4, 0.5) is 0 Å². The topological polar surface area (TPSA) is 64.7 Å². The minimum atomic E-state index is 0.666. The van der Waals surface area contributed by atoms with Crippen molar-refractivity contribution in [3.63, 3.8) is 0 Å². The van der Waals surface area contributed by atoms with Gasteiger partial charge >= 0.3 is 0 Å². The Morgan fingerprint density at radius 1 is 0.309 bits per heavy atom. The molecule has 0 saturated carbocycles. The molecular formula is C50H32N4O. The van der Waals surface area contributed by atoms with E-state index in [1.54, 1.807) is 12.4 Å². The van der Waals surface area contributed by atoms with Gasteiger partial charge in [-0.1, -0.05) is 109 Å². The fraction of sp³-hybridized carbons (Fsp3) is 0. The number of rotatable bonds is 7. The second kappa shape index (κ2) is 13.8. The molecule has 0 radical (unpaired) electrons. The summed E-state index contributed by atoms with van der Waals surface area (Å²) in [6, 6.07) is 59.0. The van der Waals surface area contributed by atoms with Crippen molar-refractivity contribution >= 4 is 21.9 Å². The molecule has 0 N–H and O–H groups in total. The first-order valence-electron chi connectivity index (χ1n) is 18.3. The van der Waals surface area contributed by atoms with Crippen molar-refractivity contribution in [2.24, 2.45) is 0 Å². The predicted octanol–water partition coefficient (Wildman–Crippen LogP) is 12.8. The quantitative estimate of drug-likeness (QED) is 0.165. The van der Waals surface area contributed by atoms with Gasteiger partial charge in [-0.05, 0) is 105 Å². The highest BCUT2D eigenvalue weighted by Gasteiger charge is 2.16. The summed E-state index contributed by atoms with van der Waals surface area (Å²) in [6.07, 6.45) is 7.39. The van der Waals surface area contributed by atoms with Crippen LogP contribution in [0.25, 0.3) is 100 Å². The number of nitrogens with zero attached hydrogens (tertiary/aromatic N) is 4. The van der Waals surface area contributed by atoms with Gasteiger partial charge in [-0.2, -0.15) is 0 Å². The molecule has 10 aromatic rings. The van der Waals surface area contributed by atoms with Crippen molar-refractivity contribution in [1.82, 2.24) is 19.9 Å². The summed E-state index contributed by atoms with van der Waals surface area (Å²) in [5.41, 5.74) is 15.1. The second-order valence-electron chi connectivity index (χ2n) is 13.6. The van der Waals surface area contributed by atoms with E-state index in [-0.39, 0.29) is 0 Å². The molecule has 0 spiro atoms. The van der Waals surface area contributed by atoms with Gasteiger partial charge in [-0.25, -0.2) is 9.97 Å². The summed E-state index contributed by atoms with van der Waals surface area (Å²) in [7, 11) is 0.